The van der Waals surface area contributed by atoms with Gasteiger partial charge < -0.3 is 20.7 Å². The van der Waals surface area contributed by atoms with Crippen molar-refractivity contribution in [3.05, 3.63) is 30.5 Å². The Kier molecular flexibility index (Phi) is 8.16. The van der Waals surface area contributed by atoms with Crippen molar-refractivity contribution in [1.29, 1.82) is 0 Å². The molecule has 0 radical (unpaired) electrons. The van der Waals surface area contributed by atoms with Gasteiger partial charge in [0.05, 0.1) is 11.2 Å². The summed E-state index contributed by atoms with van der Waals surface area (Å²) in [5.74, 6) is 0. The Morgan fingerprint density at radius 2 is 1.96 bits per heavy atom. The second-order valence-corrected chi connectivity index (χ2v) is 6.78. The SMILES string of the molecule is CC.CN(CCCNC(=O)OC(C)(C)C)c1ccnc2c(N)cccc12. The summed E-state index contributed by atoms with van der Waals surface area (Å²) < 4.78 is 5.21. The number of fused-ring (bicyclic) bond motifs is 1. The molecule has 0 saturated heterocycles. The van der Waals surface area contributed by atoms with Crippen LogP contribution in [-0.2, 0) is 4.74 Å². The Morgan fingerprint density at radius 1 is 1.27 bits per heavy atom. The van der Waals surface area contributed by atoms with Crippen molar-refractivity contribution in [1.82, 2.24) is 10.3 Å². The maximum absolute atomic E-state index is 11.6. The summed E-state index contributed by atoms with van der Waals surface area (Å²) in [6.45, 7) is 10.9. The van der Waals surface area contributed by atoms with Crippen LogP contribution in [0.25, 0.3) is 10.9 Å². The van der Waals surface area contributed by atoms with Crippen LogP contribution in [0.4, 0.5) is 16.2 Å². The summed E-state index contributed by atoms with van der Waals surface area (Å²) in [5, 5.41) is 3.80. The highest BCUT2D eigenvalue weighted by molar-refractivity contribution is 5.97. The standard InChI is InChI=1S/C18H26N4O2.C2H6/c1-18(2,3)24-17(23)21-10-6-12-22(4)15-9-11-20-16-13(15)7-5-8-14(16)19;1-2/h5,7-9,11H,6,10,12,19H2,1-4H3,(H,21,23);1-2H3. The van der Waals surface area contributed by atoms with Crippen molar-refractivity contribution >= 4 is 28.4 Å². The van der Waals surface area contributed by atoms with Crippen molar-refractivity contribution in [3.8, 4) is 0 Å². The molecule has 0 unspecified atom stereocenters. The molecule has 0 aliphatic carbocycles. The summed E-state index contributed by atoms with van der Waals surface area (Å²) in [4.78, 5) is 18.1. The van der Waals surface area contributed by atoms with E-state index in [2.05, 4.69) is 15.2 Å². The van der Waals surface area contributed by atoms with Crippen molar-refractivity contribution in [2.75, 3.05) is 30.8 Å². The van der Waals surface area contributed by atoms with Gasteiger partial charge in [-0.1, -0.05) is 26.0 Å². The molecule has 3 N–H and O–H groups in total. The minimum absolute atomic E-state index is 0.382. The monoisotopic (exact) mass is 360 g/mol. The summed E-state index contributed by atoms with van der Waals surface area (Å²) in [6.07, 6.45) is 2.19. The van der Waals surface area contributed by atoms with Crippen molar-refractivity contribution in [3.63, 3.8) is 0 Å². The summed E-state index contributed by atoms with van der Waals surface area (Å²) in [7, 11) is 2.02. The molecule has 144 valence electrons. The lowest BCUT2D eigenvalue weighted by Gasteiger charge is -2.22. The molecular formula is C20H32N4O2. The topological polar surface area (TPSA) is 80.5 Å². The largest absolute Gasteiger partial charge is 0.444 e. The average molecular weight is 361 g/mol. The number of para-hydroxylation sites is 1. The van der Waals surface area contributed by atoms with Gasteiger partial charge in [-0.15, -0.1) is 0 Å². The van der Waals surface area contributed by atoms with E-state index >= 15 is 0 Å². The molecule has 0 aliphatic heterocycles. The number of benzene rings is 1. The fraction of sp³-hybridized carbons (Fsp3) is 0.500. The lowest BCUT2D eigenvalue weighted by Crippen LogP contribution is -2.34. The van der Waals surface area contributed by atoms with Crippen LogP contribution in [0.5, 0.6) is 0 Å². The molecule has 0 spiro atoms. The van der Waals surface area contributed by atoms with Crippen LogP contribution in [0, 0.1) is 0 Å². The Bertz CT molecular complexity index is 711. The van der Waals surface area contributed by atoms with E-state index in [4.69, 9.17) is 10.5 Å². The zero-order valence-corrected chi connectivity index (χ0v) is 16.8. The molecule has 1 heterocycles. The van der Waals surface area contributed by atoms with Crippen LogP contribution in [-0.4, -0.2) is 36.8 Å². The van der Waals surface area contributed by atoms with E-state index in [0.29, 0.717) is 12.2 Å². The first-order valence-electron chi connectivity index (χ1n) is 9.09. The lowest BCUT2D eigenvalue weighted by molar-refractivity contribution is 0.0527. The van der Waals surface area contributed by atoms with Gasteiger partial charge in [0.1, 0.15) is 5.60 Å². The van der Waals surface area contributed by atoms with Gasteiger partial charge in [-0.2, -0.15) is 0 Å². The molecular weight excluding hydrogens is 328 g/mol. The Labute approximate surface area is 156 Å². The predicted molar refractivity (Wildman–Crippen MR) is 110 cm³/mol. The van der Waals surface area contributed by atoms with E-state index < -0.39 is 5.60 Å². The number of nitrogens with one attached hydrogen (secondary N) is 1. The zero-order valence-electron chi connectivity index (χ0n) is 16.8. The van der Waals surface area contributed by atoms with E-state index in [-0.39, 0.29) is 6.09 Å². The number of hydrogen-bond acceptors (Lipinski definition) is 5. The molecule has 0 aliphatic rings. The molecule has 0 saturated carbocycles. The minimum Gasteiger partial charge on any atom is -0.444 e. The van der Waals surface area contributed by atoms with Crippen molar-refractivity contribution in [2.45, 2.75) is 46.6 Å². The number of carbonyl (C=O) groups excluding carboxylic acids is 1. The van der Waals surface area contributed by atoms with Crippen LogP contribution in [0.15, 0.2) is 30.5 Å². The number of rotatable bonds is 5. The molecule has 0 fully saturated rings. The number of anilines is 2. The predicted octanol–water partition coefficient (Wildman–Crippen LogP) is 4.19. The Hall–Kier alpha value is -2.50. The van der Waals surface area contributed by atoms with Gasteiger partial charge in [0.15, 0.2) is 0 Å². The normalized spacial score (nSPS) is 10.7. The molecule has 0 atom stereocenters. The number of aromatic nitrogens is 1. The molecule has 0 bridgehead atoms. The van der Waals surface area contributed by atoms with Gasteiger partial charge in [-0.3, -0.25) is 4.98 Å². The number of nitrogen functional groups attached to an aromatic ring is 1. The highest BCUT2D eigenvalue weighted by Gasteiger charge is 2.15. The highest BCUT2D eigenvalue weighted by atomic mass is 16.6. The third-order valence-corrected chi connectivity index (χ3v) is 3.53. The Balaban J connectivity index is 0.00000163. The first-order valence-corrected chi connectivity index (χ1v) is 9.09. The maximum Gasteiger partial charge on any atom is 0.407 e. The van der Waals surface area contributed by atoms with Gasteiger partial charge in [0, 0.05) is 37.4 Å². The van der Waals surface area contributed by atoms with Gasteiger partial charge in [0.2, 0.25) is 0 Å². The van der Waals surface area contributed by atoms with Gasteiger partial charge in [-0.05, 0) is 39.3 Å². The van der Waals surface area contributed by atoms with Gasteiger partial charge >= 0.3 is 6.09 Å². The summed E-state index contributed by atoms with van der Waals surface area (Å²) in [6, 6.07) is 7.77. The molecule has 26 heavy (non-hydrogen) atoms. The first kappa shape index (κ1) is 21.5. The quantitative estimate of drug-likeness (QED) is 0.617. The van der Waals surface area contributed by atoms with Crippen LogP contribution >= 0.6 is 0 Å². The number of nitrogens with two attached hydrogens (primary N) is 1. The summed E-state index contributed by atoms with van der Waals surface area (Å²) in [5.41, 5.74) is 8.08. The molecule has 6 nitrogen and oxygen atoms in total. The van der Waals surface area contributed by atoms with Crippen LogP contribution < -0.4 is 16.0 Å². The number of amides is 1. The summed E-state index contributed by atoms with van der Waals surface area (Å²) >= 11 is 0. The van der Waals surface area contributed by atoms with Crippen molar-refractivity contribution in [2.24, 2.45) is 0 Å². The maximum atomic E-state index is 11.6. The van der Waals surface area contributed by atoms with E-state index in [1.165, 1.54) is 0 Å². The third-order valence-electron chi connectivity index (χ3n) is 3.53. The zero-order chi connectivity index (χ0) is 19.7. The highest BCUT2D eigenvalue weighted by Crippen LogP contribution is 2.27. The van der Waals surface area contributed by atoms with Crippen molar-refractivity contribution < 1.29 is 9.53 Å². The molecule has 6 heteroatoms. The van der Waals surface area contributed by atoms with E-state index in [1.54, 1.807) is 6.20 Å². The third kappa shape index (κ3) is 6.43. The van der Waals surface area contributed by atoms with Gasteiger partial charge in [-0.25, -0.2) is 4.79 Å². The second kappa shape index (κ2) is 9.85. The van der Waals surface area contributed by atoms with E-state index in [1.807, 2.05) is 65.9 Å². The molecule has 2 rings (SSSR count). The average Bonchev–Trinajstić information content (AvgIpc) is 2.59. The van der Waals surface area contributed by atoms with Gasteiger partial charge in [0.25, 0.3) is 0 Å². The number of pyridine rings is 1. The van der Waals surface area contributed by atoms with Crippen LogP contribution in [0.2, 0.25) is 0 Å². The fourth-order valence-corrected chi connectivity index (χ4v) is 2.46. The number of nitrogens with zero attached hydrogens (tertiary/aromatic N) is 2. The van der Waals surface area contributed by atoms with E-state index in [0.717, 1.165) is 29.6 Å². The molecule has 2 aromatic rings. The van der Waals surface area contributed by atoms with Crippen LogP contribution in [0.3, 0.4) is 0 Å². The molecule has 1 aromatic carbocycles. The molecule has 1 aromatic heterocycles. The smallest absolute Gasteiger partial charge is 0.407 e. The van der Waals surface area contributed by atoms with E-state index in [9.17, 15) is 4.79 Å². The number of alkyl carbamates (subject to hydrolysis) is 1. The molecule has 1 amide bonds. The minimum atomic E-state index is -0.475. The number of hydrogen-bond donors (Lipinski definition) is 2. The lowest BCUT2D eigenvalue weighted by atomic mass is 10.1. The number of ether oxygens (including phenoxy) is 1. The second-order valence-electron chi connectivity index (χ2n) is 6.78. The van der Waals surface area contributed by atoms with Crippen LogP contribution in [0.1, 0.15) is 41.0 Å². The Morgan fingerprint density at radius 3 is 2.62 bits per heavy atom. The first-order chi connectivity index (χ1) is 12.3. The number of carbonyl (C=O) groups is 1. The fourth-order valence-electron chi connectivity index (χ4n) is 2.46.